The predicted molar refractivity (Wildman–Crippen MR) is 66.3 cm³/mol. The minimum atomic E-state index is 0.635. The molecule has 0 aromatic carbocycles. The number of aromatic amines is 1. The third-order valence-electron chi connectivity index (χ3n) is 3.99. The van der Waals surface area contributed by atoms with Crippen molar-refractivity contribution < 1.29 is 0 Å². The molecule has 2 rings (SSSR count). The number of nitrogens with one attached hydrogen (secondary N) is 2. The van der Waals surface area contributed by atoms with Crippen molar-refractivity contribution in [3.05, 3.63) is 17.0 Å². The van der Waals surface area contributed by atoms with Crippen LogP contribution in [0.25, 0.3) is 0 Å². The van der Waals surface area contributed by atoms with Crippen molar-refractivity contribution in [2.24, 2.45) is 5.92 Å². The Balaban J connectivity index is 1.87. The lowest BCUT2D eigenvalue weighted by atomic mass is 9.99. The van der Waals surface area contributed by atoms with E-state index in [0.29, 0.717) is 6.04 Å². The molecule has 1 aromatic rings. The summed E-state index contributed by atoms with van der Waals surface area (Å²) in [5, 5.41) is 10.9. The lowest BCUT2D eigenvalue weighted by molar-refractivity contribution is 0.380. The molecule has 1 aliphatic carbocycles. The molecule has 1 aromatic heterocycles. The monoisotopic (exact) mass is 221 g/mol. The summed E-state index contributed by atoms with van der Waals surface area (Å²) >= 11 is 0. The maximum atomic E-state index is 4.23. The summed E-state index contributed by atoms with van der Waals surface area (Å²) in [6.07, 6.45) is 5.63. The first-order valence-electron chi connectivity index (χ1n) is 6.42. The van der Waals surface area contributed by atoms with Gasteiger partial charge in [0.1, 0.15) is 0 Å². The first-order chi connectivity index (χ1) is 7.68. The van der Waals surface area contributed by atoms with Crippen LogP contribution in [0.2, 0.25) is 0 Å². The van der Waals surface area contributed by atoms with Gasteiger partial charge in [0.2, 0.25) is 0 Å². The summed E-state index contributed by atoms with van der Waals surface area (Å²) < 4.78 is 0. The Morgan fingerprint density at radius 3 is 2.62 bits per heavy atom. The topological polar surface area (TPSA) is 40.7 Å². The molecule has 16 heavy (non-hydrogen) atoms. The molecule has 0 aliphatic heterocycles. The Morgan fingerprint density at radius 2 is 2.06 bits per heavy atom. The van der Waals surface area contributed by atoms with Crippen molar-refractivity contribution in [2.45, 2.75) is 59.0 Å². The van der Waals surface area contributed by atoms with Crippen LogP contribution in [0.4, 0.5) is 0 Å². The van der Waals surface area contributed by atoms with Crippen LogP contribution in [0.5, 0.6) is 0 Å². The molecule has 0 amide bonds. The van der Waals surface area contributed by atoms with Crippen molar-refractivity contribution in [3.63, 3.8) is 0 Å². The number of aromatic nitrogens is 2. The summed E-state index contributed by atoms with van der Waals surface area (Å²) in [6.45, 7) is 7.44. The van der Waals surface area contributed by atoms with Gasteiger partial charge in [0, 0.05) is 23.8 Å². The molecule has 1 aliphatic rings. The van der Waals surface area contributed by atoms with Crippen LogP contribution in [0.1, 0.15) is 49.6 Å². The van der Waals surface area contributed by atoms with Crippen LogP contribution in [-0.2, 0) is 6.54 Å². The van der Waals surface area contributed by atoms with E-state index in [1.54, 1.807) is 0 Å². The van der Waals surface area contributed by atoms with Gasteiger partial charge in [-0.1, -0.05) is 12.8 Å². The van der Waals surface area contributed by atoms with Gasteiger partial charge in [0.15, 0.2) is 0 Å². The quantitative estimate of drug-likeness (QED) is 0.820. The van der Waals surface area contributed by atoms with E-state index in [-0.39, 0.29) is 0 Å². The van der Waals surface area contributed by atoms with Gasteiger partial charge in [-0.15, -0.1) is 0 Å². The predicted octanol–water partition coefficient (Wildman–Crippen LogP) is 2.69. The highest BCUT2D eigenvalue weighted by Gasteiger charge is 2.21. The maximum Gasteiger partial charge on any atom is 0.0638 e. The second kappa shape index (κ2) is 5.00. The Bertz CT molecular complexity index is 317. The molecule has 90 valence electrons. The summed E-state index contributed by atoms with van der Waals surface area (Å²) in [6, 6.07) is 0.635. The molecular weight excluding hydrogens is 198 g/mol. The van der Waals surface area contributed by atoms with Gasteiger partial charge in [0.05, 0.1) is 5.69 Å². The average Bonchev–Trinajstić information content (AvgIpc) is 2.87. The van der Waals surface area contributed by atoms with Crippen molar-refractivity contribution in [2.75, 3.05) is 0 Å². The Hall–Kier alpha value is -0.830. The highest BCUT2D eigenvalue weighted by Crippen LogP contribution is 2.27. The molecule has 1 saturated carbocycles. The van der Waals surface area contributed by atoms with E-state index < -0.39 is 0 Å². The average molecular weight is 221 g/mol. The molecule has 2 N–H and O–H groups in total. The summed E-state index contributed by atoms with van der Waals surface area (Å²) in [5.74, 6) is 0.882. The molecule has 1 atom stereocenters. The lowest BCUT2D eigenvalue weighted by Gasteiger charge is -2.20. The third kappa shape index (κ3) is 2.46. The normalized spacial score (nSPS) is 19.2. The van der Waals surface area contributed by atoms with Gasteiger partial charge < -0.3 is 5.32 Å². The van der Waals surface area contributed by atoms with Crippen molar-refractivity contribution in [1.82, 2.24) is 15.5 Å². The number of nitrogens with zero attached hydrogens (tertiary/aromatic N) is 1. The summed E-state index contributed by atoms with van der Waals surface area (Å²) in [7, 11) is 0. The van der Waals surface area contributed by atoms with Gasteiger partial charge in [-0.05, 0) is 39.5 Å². The highest BCUT2D eigenvalue weighted by atomic mass is 15.1. The molecule has 0 bridgehead atoms. The van der Waals surface area contributed by atoms with Crippen LogP contribution in [0.15, 0.2) is 0 Å². The molecule has 0 radical (unpaired) electrons. The number of hydrogen-bond donors (Lipinski definition) is 2. The largest absolute Gasteiger partial charge is 0.310 e. The van der Waals surface area contributed by atoms with Crippen molar-refractivity contribution in [1.29, 1.82) is 0 Å². The molecule has 3 heteroatoms. The molecule has 1 heterocycles. The van der Waals surface area contributed by atoms with Gasteiger partial charge >= 0.3 is 0 Å². The van der Waals surface area contributed by atoms with Gasteiger partial charge in [0.25, 0.3) is 0 Å². The minimum absolute atomic E-state index is 0.635. The molecule has 0 spiro atoms. The van der Waals surface area contributed by atoms with Crippen molar-refractivity contribution >= 4 is 0 Å². The zero-order chi connectivity index (χ0) is 11.5. The minimum Gasteiger partial charge on any atom is -0.310 e. The second-order valence-corrected chi connectivity index (χ2v) is 5.13. The fourth-order valence-corrected chi connectivity index (χ4v) is 2.72. The first kappa shape index (κ1) is 11.6. The standard InChI is InChI=1S/C13H23N3/c1-9(12-6-4-5-7-12)14-8-13-10(2)15-16-11(13)3/h9,12,14H,4-8H2,1-3H3,(H,15,16). The van der Waals surface area contributed by atoms with Gasteiger partial charge in [-0.3, -0.25) is 5.10 Å². The van der Waals surface area contributed by atoms with Crippen LogP contribution < -0.4 is 5.32 Å². The number of H-pyrrole nitrogens is 1. The van der Waals surface area contributed by atoms with Crippen LogP contribution >= 0.6 is 0 Å². The molecule has 0 saturated heterocycles. The van der Waals surface area contributed by atoms with Crippen LogP contribution in [-0.4, -0.2) is 16.2 Å². The fourth-order valence-electron chi connectivity index (χ4n) is 2.72. The smallest absolute Gasteiger partial charge is 0.0638 e. The van der Waals surface area contributed by atoms with E-state index in [1.165, 1.54) is 36.9 Å². The van der Waals surface area contributed by atoms with E-state index in [2.05, 4.69) is 36.3 Å². The fraction of sp³-hybridized carbons (Fsp3) is 0.769. The highest BCUT2D eigenvalue weighted by molar-refractivity contribution is 5.22. The third-order valence-corrected chi connectivity index (χ3v) is 3.99. The van der Waals surface area contributed by atoms with Gasteiger partial charge in [-0.2, -0.15) is 5.10 Å². The molecular formula is C13H23N3. The maximum absolute atomic E-state index is 4.23. The lowest BCUT2D eigenvalue weighted by Crippen LogP contribution is -2.32. The molecule has 3 nitrogen and oxygen atoms in total. The van der Waals surface area contributed by atoms with E-state index in [9.17, 15) is 0 Å². The summed E-state index contributed by atoms with van der Waals surface area (Å²) in [4.78, 5) is 0. The van der Waals surface area contributed by atoms with Crippen molar-refractivity contribution in [3.8, 4) is 0 Å². The zero-order valence-corrected chi connectivity index (χ0v) is 10.6. The number of rotatable bonds is 4. The Morgan fingerprint density at radius 1 is 1.38 bits per heavy atom. The first-order valence-corrected chi connectivity index (χ1v) is 6.42. The summed E-state index contributed by atoms with van der Waals surface area (Å²) in [5.41, 5.74) is 3.66. The molecule has 1 fully saturated rings. The van der Waals surface area contributed by atoms with Gasteiger partial charge in [-0.25, -0.2) is 0 Å². The number of aryl methyl sites for hydroxylation is 2. The van der Waals surface area contributed by atoms with E-state index in [1.807, 2.05) is 0 Å². The Kier molecular flexibility index (Phi) is 3.64. The van der Waals surface area contributed by atoms with E-state index >= 15 is 0 Å². The SMILES string of the molecule is Cc1n[nH]c(C)c1CNC(C)C1CCCC1. The van der Waals surface area contributed by atoms with Crippen LogP contribution in [0, 0.1) is 19.8 Å². The zero-order valence-electron chi connectivity index (χ0n) is 10.6. The van der Waals surface area contributed by atoms with E-state index in [4.69, 9.17) is 0 Å². The van der Waals surface area contributed by atoms with E-state index in [0.717, 1.165) is 18.2 Å². The molecule has 1 unspecified atom stereocenters. The Labute approximate surface area is 98.0 Å². The van der Waals surface area contributed by atoms with Crippen LogP contribution in [0.3, 0.4) is 0 Å². The second-order valence-electron chi connectivity index (χ2n) is 5.13. The number of hydrogen-bond acceptors (Lipinski definition) is 2.